The molecule has 1 atom stereocenters. The number of hydrogen-bond donors (Lipinski definition) is 0. The first kappa shape index (κ1) is 30.2. The molecule has 2 heteroatoms. The van der Waals surface area contributed by atoms with Gasteiger partial charge in [0.15, 0.2) is 0 Å². The van der Waals surface area contributed by atoms with Crippen molar-refractivity contribution < 1.29 is 0 Å². The van der Waals surface area contributed by atoms with E-state index in [4.69, 9.17) is 0 Å². The predicted octanol–water partition coefficient (Wildman–Crippen LogP) is 9.57. The van der Waals surface area contributed by atoms with Crippen molar-refractivity contribution >= 4 is 12.4 Å². The van der Waals surface area contributed by atoms with Gasteiger partial charge in [-0.2, -0.15) is 0 Å². The fraction of sp³-hybridized carbons (Fsp3) is 0.724. The highest BCUT2D eigenvalue weighted by Crippen LogP contribution is 2.23. The number of halogens is 1. The van der Waals surface area contributed by atoms with Crippen LogP contribution in [0.3, 0.4) is 0 Å². The van der Waals surface area contributed by atoms with Crippen molar-refractivity contribution in [3.8, 4) is 0 Å². The molecule has 0 bridgehead atoms. The topological polar surface area (TPSA) is 3.24 Å². The molecule has 1 unspecified atom stereocenters. The molecule has 0 aliphatic carbocycles. The van der Waals surface area contributed by atoms with Crippen LogP contribution in [0.15, 0.2) is 43.0 Å². The molecule has 1 nitrogen and oxygen atoms in total. The minimum atomic E-state index is 0. The van der Waals surface area contributed by atoms with Crippen LogP contribution in [0.25, 0.3) is 0 Å². The fourth-order valence-electron chi connectivity index (χ4n) is 4.39. The maximum Gasteiger partial charge on any atom is 0.00152 e. The monoisotopic (exact) mass is 449 g/mol. The molecular formula is C29H52ClN. The molecule has 0 radical (unpaired) electrons. The maximum atomic E-state index is 4.04. The number of nitrogens with zero attached hydrogens (tertiary/aromatic N) is 1. The minimum Gasteiger partial charge on any atom is -0.309 e. The Balaban J connectivity index is 0.00000900. The molecule has 0 heterocycles. The van der Waals surface area contributed by atoms with Gasteiger partial charge < -0.3 is 4.90 Å². The van der Waals surface area contributed by atoms with Crippen molar-refractivity contribution in [1.82, 2.24) is 4.90 Å². The largest absolute Gasteiger partial charge is 0.309 e. The Kier molecular flexibility index (Phi) is 21.8. The van der Waals surface area contributed by atoms with Crippen LogP contribution in [0.5, 0.6) is 0 Å². The lowest BCUT2D eigenvalue weighted by Gasteiger charge is -2.12. The predicted molar refractivity (Wildman–Crippen MR) is 144 cm³/mol. The second kappa shape index (κ2) is 22.4. The normalized spacial score (nSPS) is 12.0. The zero-order valence-electron chi connectivity index (χ0n) is 20.8. The summed E-state index contributed by atoms with van der Waals surface area (Å²) in [4.78, 5) is 2.30. The first-order valence-electron chi connectivity index (χ1n) is 13.1. The van der Waals surface area contributed by atoms with Gasteiger partial charge in [0.2, 0.25) is 0 Å². The van der Waals surface area contributed by atoms with Gasteiger partial charge in [-0.3, -0.25) is 0 Å². The summed E-state index contributed by atoms with van der Waals surface area (Å²) in [5, 5.41) is 0. The summed E-state index contributed by atoms with van der Waals surface area (Å²) in [6.45, 7) is 5.29. The molecule has 0 fully saturated rings. The Morgan fingerprint density at radius 1 is 0.645 bits per heavy atom. The summed E-state index contributed by atoms with van der Waals surface area (Å²) >= 11 is 0. The SMILES string of the molecule is C=CC(CCCCCCCCCCCCCCCCCCN(C)C)c1ccccc1.Cl. The van der Waals surface area contributed by atoms with E-state index in [0.717, 1.165) is 0 Å². The fourth-order valence-corrected chi connectivity index (χ4v) is 4.39. The summed E-state index contributed by atoms with van der Waals surface area (Å²) in [5.74, 6) is 0.536. The van der Waals surface area contributed by atoms with E-state index in [-0.39, 0.29) is 12.4 Å². The van der Waals surface area contributed by atoms with Crippen molar-refractivity contribution in [3.05, 3.63) is 48.6 Å². The van der Waals surface area contributed by atoms with Gasteiger partial charge in [-0.05, 0) is 39.0 Å². The molecule has 1 rings (SSSR count). The Hall–Kier alpha value is -0.790. The molecule has 0 spiro atoms. The van der Waals surface area contributed by atoms with Crippen molar-refractivity contribution in [1.29, 1.82) is 0 Å². The van der Waals surface area contributed by atoms with E-state index in [2.05, 4.69) is 62.0 Å². The molecule has 0 saturated heterocycles. The van der Waals surface area contributed by atoms with Crippen molar-refractivity contribution in [2.45, 2.75) is 115 Å². The summed E-state index contributed by atoms with van der Waals surface area (Å²) in [7, 11) is 4.35. The molecular weight excluding hydrogens is 398 g/mol. The maximum absolute atomic E-state index is 4.04. The van der Waals surface area contributed by atoms with Gasteiger partial charge in [-0.15, -0.1) is 19.0 Å². The highest BCUT2D eigenvalue weighted by Gasteiger charge is 2.06. The van der Waals surface area contributed by atoms with Crippen molar-refractivity contribution in [2.75, 3.05) is 20.6 Å². The van der Waals surface area contributed by atoms with Crippen LogP contribution in [-0.2, 0) is 0 Å². The number of rotatable bonds is 21. The van der Waals surface area contributed by atoms with Gasteiger partial charge >= 0.3 is 0 Å². The van der Waals surface area contributed by atoms with E-state index < -0.39 is 0 Å². The second-order valence-corrected chi connectivity index (χ2v) is 9.50. The van der Waals surface area contributed by atoms with Gasteiger partial charge in [-0.1, -0.05) is 133 Å². The van der Waals surface area contributed by atoms with Crippen LogP contribution in [-0.4, -0.2) is 25.5 Å². The summed E-state index contributed by atoms with van der Waals surface area (Å²) < 4.78 is 0. The van der Waals surface area contributed by atoms with Crippen LogP contribution in [0.2, 0.25) is 0 Å². The Morgan fingerprint density at radius 3 is 1.42 bits per heavy atom. The lowest BCUT2D eigenvalue weighted by molar-refractivity contribution is 0.389. The molecule has 0 saturated carbocycles. The van der Waals surface area contributed by atoms with E-state index in [1.54, 1.807) is 0 Å². The third-order valence-corrected chi connectivity index (χ3v) is 6.38. The van der Waals surface area contributed by atoms with E-state index >= 15 is 0 Å². The third-order valence-electron chi connectivity index (χ3n) is 6.38. The molecule has 0 aromatic heterocycles. The lowest BCUT2D eigenvalue weighted by Crippen LogP contribution is -2.12. The van der Waals surface area contributed by atoms with Crippen LogP contribution < -0.4 is 0 Å². The number of unbranched alkanes of at least 4 members (excludes halogenated alkanes) is 15. The summed E-state index contributed by atoms with van der Waals surface area (Å²) in [6, 6.07) is 10.8. The van der Waals surface area contributed by atoms with Crippen LogP contribution in [0, 0.1) is 0 Å². The van der Waals surface area contributed by atoms with Crippen molar-refractivity contribution in [3.63, 3.8) is 0 Å². The highest BCUT2D eigenvalue weighted by molar-refractivity contribution is 5.85. The summed E-state index contributed by atoms with van der Waals surface area (Å²) in [5.41, 5.74) is 1.42. The Bertz CT molecular complexity index is 485. The van der Waals surface area contributed by atoms with Crippen LogP contribution >= 0.6 is 12.4 Å². The Labute approximate surface area is 201 Å². The van der Waals surface area contributed by atoms with Crippen LogP contribution in [0.4, 0.5) is 0 Å². The molecule has 180 valence electrons. The third kappa shape index (κ3) is 18.5. The number of allylic oxidation sites excluding steroid dienone is 1. The number of hydrogen-bond acceptors (Lipinski definition) is 1. The quantitative estimate of drug-likeness (QED) is 0.133. The minimum absolute atomic E-state index is 0. The van der Waals surface area contributed by atoms with Crippen molar-refractivity contribution in [2.24, 2.45) is 0 Å². The lowest BCUT2D eigenvalue weighted by atomic mass is 9.93. The van der Waals surface area contributed by atoms with Gasteiger partial charge in [0, 0.05) is 5.92 Å². The molecule has 0 aliphatic heterocycles. The van der Waals surface area contributed by atoms with Gasteiger partial charge in [-0.25, -0.2) is 0 Å². The van der Waals surface area contributed by atoms with E-state index in [1.165, 1.54) is 121 Å². The first-order valence-corrected chi connectivity index (χ1v) is 13.1. The first-order chi connectivity index (χ1) is 14.7. The standard InChI is InChI=1S/C29H51N.ClH/c1-4-28(29-25-21-19-22-26-29)24-20-17-15-13-11-9-7-5-6-8-10-12-14-16-18-23-27-30(2)3;/h4,19,21-22,25-26,28H,1,5-18,20,23-24,27H2,2-3H3;1H. The number of benzene rings is 1. The van der Waals surface area contributed by atoms with Crippen LogP contribution in [0.1, 0.15) is 121 Å². The van der Waals surface area contributed by atoms with Gasteiger partial charge in [0.05, 0.1) is 0 Å². The zero-order chi connectivity index (χ0) is 21.7. The van der Waals surface area contributed by atoms with Gasteiger partial charge in [0.1, 0.15) is 0 Å². The highest BCUT2D eigenvalue weighted by atomic mass is 35.5. The Morgan fingerprint density at radius 2 is 1.03 bits per heavy atom. The van der Waals surface area contributed by atoms with E-state index in [0.29, 0.717) is 5.92 Å². The molecule has 0 amide bonds. The average molecular weight is 450 g/mol. The molecule has 1 aromatic rings. The molecule has 31 heavy (non-hydrogen) atoms. The van der Waals surface area contributed by atoms with Gasteiger partial charge in [0.25, 0.3) is 0 Å². The average Bonchev–Trinajstić information content (AvgIpc) is 2.76. The molecule has 0 aliphatic rings. The van der Waals surface area contributed by atoms with E-state index in [1.807, 2.05) is 0 Å². The molecule has 1 aromatic carbocycles. The second-order valence-electron chi connectivity index (χ2n) is 9.50. The van der Waals surface area contributed by atoms with E-state index in [9.17, 15) is 0 Å². The summed E-state index contributed by atoms with van der Waals surface area (Å²) in [6.07, 6.45) is 26.3. The molecule has 0 N–H and O–H groups in total. The zero-order valence-corrected chi connectivity index (χ0v) is 21.6. The smallest absolute Gasteiger partial charge is 0.00152 e.